The van der Waals surface area contributed by atoms with E-state index in [0.29, 0.717) is 12.2 Å². The van der Waals surface area contributed by atoms with Crippen molar-refractivity contribution in [3.63, 3.8) is 0 Å². The highest BCUT2D eigenvalue weighted by Crippen LogP contribution is 2.59. The van der Waals surface area contributed by atoms with E-state index < -0.39 is 4.32 Å². The topological polar surface area (TPSA) is 43.4 Å². The molecule has 3 aliphatic rings. The van der Waals surface area contributed by atoms with E-state index in [1.54, 1.807) is 0 Å². The summed E-state index contributed by atoms with van der Waals surface area (Å²) in [6.07, 6.45) is 3.64. The van der Waals surface area contributed by atoms with Gasteiger partial charge in [-0.15, -0.1) is 0 Å². The minimum atomic E-state index is -0.570. The van der Waals surface area contributed by atoms with Gasteiger partial charge in [0.05, 0.1) is 0 Å². The van der Waals surface area contributed by atoms with Crippen molar-refractivity contribution in [2.24, 2.45) is 23.2 Å². The van der Waals surface area contributed by atoms with Gasteiger partial charge in [-0.1, -0.05) is 29.8 Å². The summed E-state index contributed by atoms with van der Waals surface area (Å²) in [6, 6.07) is 0. The predicted octanol–water partition coefficient (Wildman–Crippen LogP) is 3.10. The molecule has 0 amide bonds. The maximum absolute atomic E-state index is 12.1. The number of ketones is 1. The third kappa shape index (κ3) is 1.75. The van der Waals surface area contributed by atoms with E-state index in [-0.39, 0.29) is 35.2 Å². The van der Waals surface area contributed by atoms with Gasteiger partial charge in [0.25, 0.3) is 0 Å². The summed E-state index contributed by atoms with van der Waals surface area (Å²) >= 11 is 3.56. The molecule has 0 spiro atoms. The second kappa shape index (κ2) is 4.06. The molecule has 2 aliphatic carbocycles. The Kier molecular flexibility index (Phi) is 2.91. The smallest absolute Gasteiger partial charge is 0.323 e. The van der Waals surface area contributed by atoms with E-state index >= 15 is 0 Å². The van der Waals surface area contributed by atoms with Crippen LogP contribution in [0.2, 0.25) is 0 Å². The van der Waals surface area contributed by atoms with Crippen molar-refractivity contribution in [2.45, 2.75) is 56.9 Å². The van der Waals surface area contributed by atoms with Gasteiger partial charge in [0.2, 0.25) is 0 Å². The first-order valence-corrected chi connectivity index (χ1v) is 7.99. The van der Waals surface area contributed by atoms with E-state index in [1.807, 2.05) is 13.8 Å². The van der Waals surface area contributed by atoms with Crippen LogP contribution in [0.15, 0.2) is 0 Å². The number of alkyl halides is 1. The van der Waals surface area contributed by atoms with Crippen molar-refractivity contribution >= 4 is 27.7 Å². The molecule has 0 N–H and O–H groups in total. The molecule has 3 fully saturated rings. The molecule has 4 heteroatoms. The summed E-state index contributed by atoms with van der Waals surface area (Å²) < 4.78 is 5.13. The molecule has 0 aromatic carbocycles. The van der Waals surface area contributed by atoms with E-state index in [1.165, 1.54) is 0 Å². The number of hydrogen-bond acceptors (Lipinski definition) is 3. The zero-order chi connectivity index (χ0) is 14.0. The number of esters is 1. The standard InChI is InChI=1S/C15H21BrO3/c1-8-10(17)5-7-14(2)6-4-9-12(11(8)14)19-13(18)15(9,3)16/h8-9,11-12H,4-7H2,1-3H3/t8-,9-,11?,12?,14+,15+/m1/s1. The van der Waals surface area contributed by atoms with E-state index in [2.05, 4.69) is 22.9 Å². The summed E-state index contributed by atoms with van der Waals surface area (Å²) in [7, 11) is 0. The van der Waals surface area contributed by atoms with Crippen LogP contribution in [0.1, 0.15) is 46.5 Å². The highest BCUT2D eigenvalue weighted by molar-refractivity contribution is 9.10. The first kappa shape index (κ1) is 13.6. The molecule has 0 radical (unpaired) electrons. The Bertz CT molecular complexity index is 445. The lowest BCUT2D eigenvalue weighted by atomic mass is 9.53. The SMILES string of the molecule is C[C@@H]1C(=O)CC[C@]2(C)CC[C@@H]3C(OC(=O)[C@@]3(C)Br)C12. The zero-order valence-electron chi connectivity index (χ0n) is 11.7. The third-order valence-electron chi connectivity index (χ3n) is 5.91. The number of carbonyl (C=O) groups is 2. The molecule has 0 aromatic heterocycles. The average molecular weight is 329 g/mol. The average Bonchev–Trinajstić information content (AvgIpc) is 2.55. The summed E-state index contributed by atoms with van der Waals surface area (Å²) in [5, 5.41) is 0. The lowest BCUT2D eigenvalue weighted by molar-refractivity contribution is -0.157. The molecule has 1 saturated heterocycles. The highest BCUT2D eigenvalue weighted by atomic mass is 79.9. The molecule has 0 bridgehead atoms. The maximum atomic E-state index is 12.1. The minimum Gasteiger partial charge on any atom is -0.461 e. The van der Waals surface area contributed by atoms with Gasteiger partial charge < -0.3 is 4.74 Å². The van der Waals surface area contributed by atoms with Crippen LogP contribution < -0.4 is 0 Å². The van der Waals surface area contributed by atoms with Crippen LogP contribution in [0.3, 0.4) is 0 Å². The molecule has 2 unspecified atom stereocenters. The summed E-state index contributed by atoms with van der Waals surface area (Å²) in [5.41, 5.74) is 0.155. The molecule has 106 valence electrons. The van der Waals surface area contributed by atoms with Crippen LogP contribution in [0, 0.1) is 23.2 Å². The van der Waals surface area contributed by atoms with Crippen molar-refractivity contribution < 1.29 is 14.3 Å². The maximum Gasteiger partial charge on any atom is 0.323 e. The molecule has 2 saturated carbocycles. The normalized spacial score (nSPS) is 53.5. The Morgan fingerprint density at radius 2 is 1.95 bits per heavy atom. The molecular formula is C15H21BrO3. The molecule has 0 aromatic rings. The van der Waals surface area contributed by atoms with Crippen LogP contribution in [0.5, 0.6) is 0 Å². The second-order valence-electron chi connectivity index (χ2n) is 7.03. The van der Waals surface area contributed by atoms with E-state index in [9.17, 15) is 9.59 Å². The molecule has 3 rings (SSSR count). The number of ether oxygens (including phenoxy) is 1. The summed E-state index contributed by atoms with van der Waals surface area (Å²) in [6.45, 7) is 6.21. The molecular weight excluding hydrogens is 308 g/mol. The summed E-state index contributed by atoms with van der Waals surface area (Å²) in [4.78, 5) is 24.1. The number of fused-ring (bicyclic) bond motifs is 3. The Morgan fingerprint density at radius 1 is 1.26 bits per heavy atom. The molecule has 3 nitrogen and oxygen atoms in total. The van der Waals surface area contributed by atoms with E-state index in [4.69, 9.17) is 4.74 Å². The second-order valence-corrected chi connectivity index (χ2v) is 8.67. The van der Waals surface area contributed by atoms with Gasteiger partial charge >= 0.3 is 5.97 Å². The van der Waals surface area contributed by atoms with E-state index in [0.717, 1.165) is 19.3 Å². The van der Waals surface area contributed by atoms with Gasteiger partial charge in [-0.25, -0.2) is 0 Å². The number of carbonyl (C=O) groups excluding carboxylic acids is 2. The first-order valence-electron chi connectivity index (χ1n) is 7.20. The first-order chi connectivity index (χ1) is 8.77. The molecule has 19 heavy (non-hydrogen) atoms. The Hall–Kier alpha value is -0.380. The zero-order valence-corrected chi connectivity index (χ0v) is 13.3. The largest absolute Gasteiger partial charge is 0.461 e. The fourth-order valence-corrected chi connectivity index (χ4v) is 5.19. The molecule has 1 aliphatic heterocycles. The molecule has 1 heterocycles. The van der Waals surface area contributed by atoms with Crippen molar-refractivity contribution in [3.8, 4) is 0 Å². The molecule has 6 atom stereocenters. The van der Waals surface area contributed by atoms with Crippen molar-refractivity contribution in [1.82, 2.24) is 0 Å². The van der Waals surface area contributed by atoms with Crippen LogP contribution in [0.25, 0.3) is 0 Å². The predicted molar refractivity (Wildman–Crippen MR) is 74.9 cm³/mol. The monoisotopic (exact) mass is 328 g/mol. The van der Waals surface area contributed by atoms with Crippen molar-refractivity contribution in [3.05, 3.63) is 0 Å². The van der Waals surface area contributed by atoms with Crippen molar-refractivity contribution in [1.29, 1.82) is 0 Å². The lowest BCUT2D eigenvalue weighted by Gasteiger charge is -2.52. The van der Waals surface area contributed by atoms with Crippen LogP contribution in [-0.2, 0) is 14.3 Å². The van der Waals surface area contributed by atoms with Gasteiger partial charge in [-0.2, -0.15) is 0 Å². The van der Waals surface area contributed by atoms with Crippen LogP contribution >= 0.6 is 15.9 Å². The Balaban J connectivity index is 1.99. The van der Waals surface area contributed by atoms with Crippen LogP contribution in [-0.4, -0.2) is 22.2 Å². The Morgan fingerprint density at radius 3 is 2.63 bits per heavy atom. The van der Waals surface area contributed by atoms with Gasteiger partial charge in [-0.3, -0.25) is 9.59 Å². The number of rotatable bonds is 0. The highest BCUT2D eigenvalue weighted by Gasteiger charge is 2.62. The fourth-order valence-electron chi connectivity index (χ4n) is 4.60. The van der Waals surface area contributed by atoms with Gasteiger partial charge in [0.1, 0.15) is 16.2 Å². The number of halogens is 1. The Labute approximate surface area is 122 Å². The van der Waals surface area contributed by atoms with Gasteiger partial charge in [-0.05, 0) is 31.6 Å². The number of Topliss-reactive ketones (excluding diaryl/α,β-unsaturated/α-hetero) is 1. The van der Waals surface area contributed by atoms with Crippen LogP contribution in [0.4, 0.5) is 0 Å². The lowest BCUT2D eigenvalue weighted by Crippen LogP contribution is -2.53. The minimum absolute atomic E-state index is 0.0146. The number of hydrogen-bond donors (Lipinski definition) is 0. The van der Waals surface area contributed by atoms with Gasteiger partial charge in [0, 0.05) is 24.2 Å². The van der Waals surface area contributed by atoms with Gasteiger partial charge in [0.15, 0.2) is 0 Å². The summed E-state index contributed by atoms with van der Waals surface area (Å²) in [5.74, 6) is 0.585. The fraction of sp³-hybridized carbons (Fsp3) is 0.867. The van der Waals surface area contributed by atoms with Crippen molar-refractivity contribution in [2.75, 3.05) is 0 Å². The third-order valence-corrected chi connectivity index (χ3v) is 6.82. The quantitative estimate of drug-likeness (QED) is 0.507.